The van der Waals surface area contributed by atoms with Crippen LogP contribution in [0.1, 0.15) is 39.5 Å². The second-order valence-corrected chi connectivity index (χ2v) is 5.36. The van der Waals surface area contributed by atoms with Gasteiger partial charge in [-0.1, -0.05) is 13.8 Å². The maximum atomic E-state index is 11.8. The summed E-state index contributed by atoms with van der Waals surface area (Å²) in [6, 6.07) is 0. The van der Waals surface area contributed by atoms with Crippen molar-refractivity contribution in [2.24, 2.45) is 23.2 Å². The highest BCUT2D eigenvalue weighted by Gasteiger charge is 2.74. The van der Waals surface area contributed by atoms with Crippen LogP contribution in [0, 0.1) is 23.2 Å². The molecule has 2 rings (SSSR count). The van der Waals surface area contributed by atoms with E-state index < -0.39 is 11.4 Å². The third kappa shape index (κ3) is 1.40. The molecule has 0 aromatic carbocycles. The summed E-state index contributed by atoms with van der Waals surface area (Å²) in [6.07, 6.45) is 3.15. The van der Waals surface area contributed by atoms with E-state index in [4.69, 9.17) is 5.11 Å². The maximum absolute atomic E-state index is 11.8. The Morgan fingerprint density at radius 1 is 1.60 bits per heavy atom. The number of carboxylic acids is 1. The molecule has 1 N–H and O–H groups in total. The lowest BCUT2D eigenvalue weighted by Gasteiger charge is -2.13. The van der Waals surface area contributed by atoms with Gasteiger partial charge in [-0.2, -0.15) is 0 Å². The molecule has 0 bridgehead atoms. The van der Waals surface area contributed by atoms with Crippen LogP contribution in [0.15, 0.2) is 0 Å². The van der Waals surface area contributed by atoms with E-state index in [2.05, 4.69) is 13.8 Å². The van der Waals surface area contributed by atoms with Gasteiger partial charge in [-0.25, -0.2) is 0 Å². The molecule has 2 saturated carbocycles. The number of carbonyl (C=O) groups excluding carboxylic acids is 1. The Morgan fingerprint density at radius 3 is 2.73 bits per heavy atom. The van der Waals surface area contributed by atoms with Crippen LogP contribution in [0.3, 0.4) is 0 Å². The molecule has 3 heteroatoms. The molecule has 2 aliphatic rings. The maximum Gasteiger partial charge on any atom is 0.307 e. The first kappa shape index (κ1) is 10.7. The summed E-state index contributed by atoms with van der Waals surface area (Å²) in [6.45, 7) is 4.23. The monoisotopic (exact) mass is 210 g/mol. The van der Waals surface area contributed by atoms with E-state index in [1.165, 1.54) is 0 Å². The molecule has 0 spiro atoms. The van der Waals surface area contributed by atoms with Gasteiger partial charge < -0.3 is 5.11 Å². The van der Waals surface area contributed by atoms with Crippen molar-refractivity contribution >= 4 is 11.8 Å². The van der Waals surface area contributed by atoms with Crippen molar-refractivity contribution in [2.45, 2.75) is 39.5 Å². The predicted molar refractivity (Wildman–Crippen MR) is 55.4 cm³/mol. The minimum absolute atomic E-state index is 0.154. The van der Waals surface area contributed by atoms with E-state index in [0.717, 1.165) is 19.3 Å². The third-order valence-electron chi connectivity index (χ3n) is 4.11. The highest BCUT2D eigenvalue weighted by molar-refractivity contribution is 5.98. The molecule has 84 valence electrons. The summed E-state index contributed by atoms with van der Waals surface area (Å²) < 4.78 is 0. The zero-order valence-corrected chi connectivity index (χ0v) is 9.32. The van der Waals surface area contributed by atoms with Crippen molar-refractivity contribution in [1.29, 1.82) is 0 Å². The number of hydrogen-bond donors (Lipinski definition) is 1. The fourth-order valence-corrected chi connectivity index (χ4v) is 3.24. The van der Waals surface area contributed by atoms with Gasteiger partial charge in [0.05, 0.1) is 5.92 Å². The lowest BCUT2D eigenvalue weighted by atomic mass is 9.89. The molecule has 2 aliphatic carbocycles. The van der Waals surface area contributed by atoms with Crippen molar-refractivity contribution in [1.82, 2.24) is 0 Å². The fraction of sp³-hybridized carbons (Fsp3) is 0.833. The molecule has 0 aromatic heterocycles. The third-order valence-corrected chi connectivity index (χ3v) is 4.11. The lowest BCUT2D eigenvalue weighted by Crippen LogP contribution is -2.20. The van der Waals surface area contributed by atoms with Crippen LogP contribution in [0.2, 0.25) is 0 Å². The van der Waals surface area contributed by atoms with Crippen molar-refractivity contribution in [3.05, 3.63) is 0 Å². The van der Waals surface area contributed by atoms with Crippen LogP contribution >= 0.6 is 0 Å². The molecule has 0 amide bonds. The molecule has 0 saturated heterocycles. The average Bonchev–Trinajstić information content (AvgIpc) is 2.71. The first-order chi connectivity index (χ1) is 7.00. The zero-order valence-electron chi connectivity index (χ0n) is 9.32. The quantitative estimate of drug-likeness (QED) is 0.773. The number of fused-ring (bicyclic) bond motifs is 1. The van der Waals surface area contributed by atoms with Gasteiger partial charge in [0.25, 0.3) is 0 Å². The van der Waals surface area contributed by atoms with Gasteiger partial charge in [-0.05, 0) is 31.1 Å². The molecule has 1 unspecified atom stereocenters. The molecule has 2 fully saturated rings. The van der Waals surface area contributed by atoms with Crippen LogP contribution in [0.5, 0.6) is 0 Å². The number of hydrogen-bond acceptors (Lipinski definition) is 2. The van der Waals surface area contributed by atoms with E-state index in [1.54, 1.807) is 0 Å². The molecule has 0 aromatic rings. The predicted octanol–water partition coefficient (Wildman–Crippen LogP) is 2.10. The standard InChI is InChI=1S/C12H18O3/c1-7(2)5-6-12-8(3-4-9(12)13)10(12)11(14)15/h7-8,10H,3-6H2,1-2H3,(H,14,15)/t8?,10-,12-/m0/s1. The Labute approximate surface area is 89.9 Å². The van der Waals surface area contributed by atoms with E-state index >= 15 is 0 Å². The molecule has 0 aliphatic heterocycles. The first-order valence-corrected chi connectivity index (χ1v) is 5.76. The van der Waals surface area contributed by atoms with Crippen molar-refractivity contribution in [3.63, 3.8) is 0 Å². The summed E-state index contributed by atoms with van der Waals surface area (Å²) in [5.41, 5.74) is -0.448. The summed E-state index contributed by atoms with van der Waals surface area (Å²) in [4.78, 5) is 22.8. The minimum Gasteiger partial charge on any atom is -0.481 e. The topological polar surface area (TPSA) is 54.4 Å². The Hall–Kier alpha value is -0.860. The minimum atomic E-state index is -0.767. The van der Waals surface area contributed by atoms with Gasteiger partial charge in [-0.3, -0.25) is 9.59 Å². The van der Waals surface area contributed by atoms with Gasteiger partial charge in [-0.15, -0.1) is 0 Å². The summed E-state index contributed by atoms with van der Waals surface area (Å²) in [5, 5.41) is 9.06. The first-order valence-electron chi connectivity index (χ1n) is 5.76. The van der Waals surface area contributed by atoms with Crippen LogP contribution < -0.4 is 0 Å². The number of Topliss-reactive ketones (excluding diaryl/α,β-unsaturated/α-hetero) is 1. The van der Waals surface area contributed by atoms with Crippen molar-refractivity contribution in [3.8, 4) is 0 Å². The van der Waals surface area contributed by atoms with E-state index in [9.17, 15) is 9.59 Å². The lowest BCUT2D eigenvalue weighted by molar-refractivity contribution is -0.142. The fourth-order valence-electron chi connectivity index (χ4n) is 3.24. The summed E-state index contributed by atoms with van der Waals surface area (Å²) in [5.74, 6) is -0.223. The van der Waals surface area contributed by atoms with Crippen LogP contribution in [0.4, 0.5) is 0 Å². The molecular weight excluding hydrogens is 192 g/mol. The summed E-state index contributed by atoms with van der Waals surface area (Å²) in [7, 11) is 0. The van der Waals surface area contributed by atoms with Crippen LogP contribution in [0.25, 0.3) is 0 Å². The van der Waals surface area contributed by atoms with Crippen molar-refractivity contribution in [2.75, 3.05) is 0 Å². The smallest absolute Gasteiger partial charge is 0.307 e. The van der Waals surface area contributed by atoms with E-state index in [0.29, 0.717) is 12.3 Å². The number of rotatable bonds is 4. The Morgan fingerprint density at radius 2 is 2.27 bits per heavy atom. The molecule has 15 heavy (non-hydrogen) atoms. The number of carbonyl (C=O) groups is 2. The molecule has 3 atom stereocenters. The molecular formula is C12H18O3. The van der Waals surface area contributed by atoms with Gasteiger partial charge >= 0.3 is 5.97 Å². The van der Waals surface area contributed by atoms with Gasteiger partial charge in [0.2, 0.25) is 0 Å². The zero-order chi connectivity index (χ0) is 11.2. The van der Waals surface area contributed by atoms with E-state index in [-0.39, 0.29) is 17.6 Å². The number of ketones is 1. The van der Waals surface area contributed by atoms with Gasteiger partial charge in [0.15, 0.2) is 0 Å². The second-order valence-electron chi connectivity index (χ2n) is 5.36. The Bertz CT molecular complexity index is 308. The summed E-state index contributed by atoms with van der Waals surface area (Å²) >= 11 is 0. The van der Waals surface area contributed by atoms with E-state index in [1.807, 2.05) is 0 Å². The average molecular weight is 210 g/mol. The second kappa shape index (κ2) is 3.32. The SMILES string of the molecule is CC(C)CC[C@@]12C(=O)CCC1[C@H]2C(=O)O. The van der Waals surface area contributed by atoms with Gasteiger partial charge in [0.1, 0.15) is 5.78 Å². The van der Waals surface area contributed by atoms with Gasteiger partial charge in [0, 0.05) is 11.8 Å². The normalized spacial score (nSPS) is 38.2. The largest absolute Gasteiger partial charge is 0.481 e. The highest BCUT2D eigenvalue weighted by atomic mass is 16.4. The number of carboxylic acid groups (broad SMARTS) is 1. The Balaban J connectivity index is 2.10. The highest BCUT2D eigenvalue weighted by Crippen LogP contribution is 2.68. The van der Waals surface area contributed by atoms with Crippen molar-refractivity contribution < 1.29 is 14.7 Å². The Kier molecular flexibility index (Phi) is 2.36. The molecule has 0 radical (unpaired) electrons. The number of aliphatic carboxylic acids is 1. The van der Waals surface area contributed by atoms with Crippen LogP contribution in [-0.4, -0.2) is 16.9 Å². The molecule has 0 heterocycles. The van der Waals surface area contributed by atoms with Crippen LogP contribution in [-0.2, 0) is 9.59 Å². The molecule has 3 nitrogen and oxygen atoms in total.